The van der Waals surface area contributed by atoms with Crippen molar-refractivity contribution in [1.82, 2.24) is 5.32 Å². The van der Waals surface area contributed by atoms with Crippen molar-refractivity contribution in [2.45, 2.75) is 13.3 Å². The molecule has 1 rings (SSSR count). The molecule has 0 fully saturated rings. The van der Waals surface area contributed by atoms with Crippen molar-refractivity contribution in [3.8, 4) is 11.5 Å². The first-order valence-electron chi connectivity index (χ1n) is 6.55. The molecule has 1 aromatic carbocycles. The standard InChI is InChI=1S/C15H19NO5/c1-3-8-16-14(17)10-21-13-9-12(20-2)6-4-11(13)5-7-15(18)19/h4-7,9H,3,8,10H2,1-2H3,(H,16,17)(H,18,19)/b7-5+. The van der Waals surface area contributed by atoms with Gasteiger partial charge in [0.2, 0.25) is 0 Å². The molecule has 1 aromatic rings. The summed E-state index contributed by atoms with van der Waals surface area (Å²) in [5.41, 5.74) is 0.557. The minimum absolute atomic E-state index is 0.138. The Kier molecular flexibility index (Phi) is 6.80. The van der Waals surface area contributed by atoms with E-state index >= 15 is 0 Å². The van der Waals surface area contributed by atoms with Crippen LogP contribution in [0.15, 0.2) is 24.3 Å². The largest absolute Gasteiger partial charge is 0.497 e. The number of hydrogen-bond acceptors (Lipinski definition) is 4. The van der Waals surface area contributed by atoms with Crippen LogP contribution < -0.4 is 14.8 Å². The first-order chi connectivity index (χ1) is 10.1. The minimum atomic E-state index is -1.06. The van der Waals surface area contributed by atoms with Crippen LogP contribution in [0.2, 0.25) is 0 Å². The van der Waals surface area contributed by atoms with Gasteiger partial charge in [0.05, 0.1) is 7.11 Å². The van der Waals surface area contributed by atoms with Gasteiger partial charge in [0.1, 0.15) is 11.5 Å². The van der Waals surface area contributed by atoms with Gasteiger partial charge in [-0.2, -0.15) is 0 Å². The molecule has 0 saturated carbocycles. The Hall–Kier alpha value is -2.50. The van der Waals surface area contributed by atoms with E-state index in [2.05, 4.69) is 5.32 Å². The monoisotopic (exact) mass is 293 g/mol. The van der Waals surface area contributed by atoms with E-state index in [4.69, 9.17) is 14.6 Å². The van der Waals surface area contributed by atoms with Gasteiger partial charge >= 0.3 is 5.97 Å². The number of ether oxygens (including phenoxy) is 2. The molecule has 0 heterocycles. The van der Waals surface area contributed by atoms with E-state index in [1.807, 2.05) is 6.92 Å². The number of aliphatic carboxylic acids is 1. The molecule has 1 amide bonds. The van der Waals surface area contributed by atoms with Crippen LogP contribution in [0, 0.1) is 0 Å². The predicted octanol–water partition coefficient (Wildman–Crippen LogP) is 1.70. The number of rotatable bonds is 8. The number of hydrogen-bond donors (Lipinski definition) is 2. The van der Waals surface area contributed by atoms with E-state index in [0.717, 1.165) is 12.5 Å². The van der Waals surface area contributed by atoms with Crippen LogP contribution in [0.25, 0.3) is 6.08 Å². The third-order valence-corrected chi connectivity index (χ3v) is 2.56. The summed E-state index contributed by atoms with van der Waals surface area (Å²) in [6, 6.07) is 4.96. The summed E-state index contributed by atoms with van der Waals surface area (Å²) in [7, 11) is 1.51. The Morgan fingerprint density at radius 1 is 1.38 bits per heavy atom. The molecule has 21 heavy (non-hydrogen) atoms. The molecule has 0 aliphatic carbocycles. The molecule has 2 N–H and O–H groups in total. The number of carbonyl (C=O) groups is 2. The van der Waals surface area contributed by atoms with Gasteiger partial charge in [-0.05, 0) is 24.6 Å². The van der Waals surface area contributed by atoms with Crippen molar-refractivity contribution in [3.63, 3.8) is 0 Å². The molecule has 0 aliphatic heterocycles. The molecule has 0 radical (unpaired) electrons. The van der Waals surface area contributed by atoms with E-state index in [1.54, 1.807) is 18.2 Å². The summed E-state index contributed by atoms with van der Waals surface area (Å²) in [5.74, 6) is -0.338. The summed E-state index contributed by atoms with van der Waals surface area (Å²) in [4.78, 5) is 22.1. The van der Waals surface area contributed by atoms with E-state index < -0.39 is 5.97 Å². The minimum Gasteiger partial charge on any atom is -0.497 e. The van der Waals surface area contributed by atoms with Gasteiger partial charge in [-0.15, -0.1) is 0 Å². The first kappa shape index (κ1) is 16.6. The zero-order chi connectivity index (χ0) is 15.7. The first-order valence-corrected chi connectivity index (χ1v) is 6.55. The lowest BCUT2D eigenvalue weighted by Crippen LogP contribution is -2.29. The molecule has 6 heteroatoms. The molecular weight excluding hydrogens is 274 g/mol. The maximum atomic E-state index is 11.5. The third kappa shape index (κ3) is 5.99. The fourth-order valence-electron chi connectivity index (χ4n) is 1.52. The molecule has 0 spiro atoms. The Morgan fingerprint density at radius 3 is 2.76 bits per heavy atom. The van der Waals surface area contributed by atoms with Crippen LogP contribution in [0.3, 0.4) is 0 Å². The topological polar surface area (TPSA) is 84.9 Å². The van der Waals surface area contributed by atoms with Gasteiger partial charge in [0.15, 0.2) is 6.61 Å². The number of benzene rings is 1. The molecule has 0 unspecified atom stereocenters. The average molecular weight is 293 g/mol. The van der Waals surface area contributed by atoms with E-state index in [1.165, 1.54) is 13.2 Å². The van der Waals surface area contributed by atoms with Crippen LogP contribution in [-0.4, -0.2) is 37.2 Å². The fraction of sp³-hybridized carbons (Fsp3) is 0.333. The number of methoxy groups -OCH3 is 1. The molecule has 114 valence electrons. The van der Waals surface area contributed by atoms with Crippen LogP contribution in [0.1, 0.15) is 18.9 Å². The normalized spacial score (nSPS) is 10.4. The fourth-order valence-corrected chi connectivity index (χ4v) is 1.52. The van der Waals surface area contributed by atoms with Crippen LogP contribution in [0.5, 0.6) is 11.5 Å². The third-order valence-electron chi connectivity index (χ3n) is 2.56. The number of amides is 1. The number of carboxylic acids is 1. The highest BCUT2D eigenvalue weighted by Gasteiger charge is 2.07. The summed E-state index contributed by atoms with van der Waals surface area (Å²) in [6.07, 6.45) is 3.25. The highest BCUT2D eigenvalue weighted by atomic mass is 16.5. The van der Waals surface area contributed by atoms with Crippen LogP contribution in [-0.2, 0) is 9.59 Å². The summed E-state index contributed by atoms with van der Waals surface area (Å²) in [5, 5.41) is 11.4. The molecule has 0 aliphatic rings. The van der Waals surface area contributed by atoms with Crippen molar-refractivity contribution < 1.29 is 24.2 Å². The van der Waals surface area contributed by atoms with Crippen LogP contribution in [0.4, 0.5) is 0 Å². The lowest BCUT2D eigenvalue weighted by Gasteiger charge is -2.11. The van der Waals surface area contributed by atoms with Gasteiger partial charge < -0.3 is 19.9 Å². The smallest absolute Gasteiger partial charge is 0.328 e. The zero-order valence-electron chi connectivity index (χ0n) is 12.1. The summed E-state index contributed by atoms with van der Waals surface area (Å²) < 4.78 is 10.5. The highest BCUT2D eigenvalue weighted by molar-refractivity contribution is 5.86. The molecule has 0 atom stereocenters. The van der Waals surface area contributed by atoms with Crippen molar-refractivity contribution in [2.24, 2.45) is 0 Å². The van der Waals surface area contributed by atoms with Gasteiger partial charge in [0, 0.05) is 24.3 Å². The molecule has 6 nitrogen and oxygen atoms in total. The number of carboxylic acid groups (broad SMARTS) is 1. The Labute approximate surface area is 123 Å². The maximum absolute atomic E-state index is 11.5. The lowest BCUT2D eigenvalue weighted by molar-refractivity contribution is -0.131. The van der Waals surface area contributed by atoms with Gasteiger partial charge in [-0.3, -0.25) is 4.79 Å². The second-order valence-electron chi connectivity index (χ2n) is 4.21. The number of nitrogens with one attached hydrogen (secondary N) is 1. The lowest BCUT2D eigenvalue weighted by atomic mass is 10.1. The number of carbonyl (C=O) groups excluding carboxylic acids is 1. The van der Waals surface area contributed by atoms with E-state index in [-0.39, 0.29) is 12.5 Å². The Balaban J connectivity index is 2.81. The molecular formula is C15H19NO5. The van der Waals surface area contributed by atoms with Crippen molar-refractivity contribution in [1.29, 1.82) is 0 Å². The molecule has 0 bridgehead atoms. The molecule has 0 saturated heterocycles. The second-order valence-corrected chi connectivity index (χ2v) is 4.21. The van der Waals surface area contributed by atoms with Crippen molar-refractivity contribution in [2.75, 3.05) is 20.3 Å². The average Bonchev–Trinajstić information content (AvgIpc) is 2.48. The second kappa shape index (κ2) is 8.63. The SMILES string of the molecule is CCCNC(=O)COc1cc(OC)ccc1/C=C/C(=O)O. The maximum Gasteiger partial charge on any atom is 0.328 e. The quantitative estimate of drug-likeness (QED) is 0.713. The van der Waals surface area contributed by atoms with Gasteiger partial charge in [-0.25, -0.2) is 4.79 Å². The van der Waals surface area contributed by atoms with Gasteiger partial charge in [0.25, 0.3) is 5.91 Å². The molecule has 0 aromatic heterocycles. The summed E-state index contributed by atoms with van der Waals surface area (Å²) >= 11 is 0. The highest BCUT2D eigenvalue weighted by Crippen LogP contribution is 2.26. The van der Waals surface area contributed by atoms with E-state index in [9.17, 15) is 9.59 Å². The van der Waals surface area contributed by atoms with Crippen molar-refractivity contribution >= 4 is 18.0 Å². The van der Waals surface area contributed by atoms with E-state index in [0.29, 0.717) is 23.6 Å². The van der Waals surface area contributed by atoms with Gasteiger partial charge in [-0.1, -0.05) is 6.92 Å². The Bertz CT molecular complexity index is 525. The Morgan fingerprint density at radius 2 is 2.14 bits per heavy atom. The zero-order valence-corrected chi connectivity index (χ0v) is 12.1. The predicted molar refractivity (Wildman–Crippen MR) is 78.5 cm³/mol. The summed E-state index contributed by atoms with van der Waals surface area (Å²) in [6.45, 7) is 2.41. The van der Waals surface area contributed by atoms with Crippen LogP contribution >= 0.6 is 0 Å². The van der Waals surface area contributed by atoms with Crippen molar-refractivity contribution in [3.05, 3.63) is 29.8 Å².